The Morgan fingerprint density at radius 1 is 1.25 bits per heavy atom. The number of para-hydroxylation sites is 1. The molecule has 1 heterocycles. The van der Waals surface area contributed by atoms with Gasteiger partial charge >= 0.3 is 0 Å². The number of carbonyl (C=O) groups is 2. The van der Waals surface area contributed by atoms with E-state index in [1.54, 1.807) is 37.3 Å². The van der Waals surface area contributed by atoms with Crippen molar-refractivity contribution in [1.29, 1.82) is 0 Å². The number of hydrogen-bond acceptors (Lipinski definition) is 5. The van der Waals surface area contributed by atoms with Gasteiger partial charge in [0.15, 0.2) is 5.17 Å². The second-order valence-electron chi connectivity index (χ2n) is 5.93. The van der Waals surface area contributed by atoms with E-state index in [2.05, 4.69) is 20.8 Å². The molecule has 0 spiro atoms. The second kappa shape index (κ2) is 8.99. The third-order valence-electron chi connectivity index (χ3n) is 3.85. The van der Waals surface area contributed by atoms with Crippen molar-refractivity contribution in [2.24, 2.45) is 10.2 Å². The van der Waals surface area contributed by atoms with Crippen LogP contribution in [0, 0.1) is 5.82 Å². The van der Waals surface area contributed by atoms with Crippen molar-refractivity contribution < 1.29 is 14.0 Å². The first-order valence-electron chi connectivity index (χ1n) is 8.32. The van der Waals surface area contributed by atoms with E-state index in [0.29, 0.717) is 10.7 Å². The summed E-state index contributed by atoms with van der Waals surface area (Å²) in [6.45, 7) is 1.77. The van der Waals surface area contributed by atoms with Crippen LogP contribution >= 0.6 is 23.4 Å². The average molecular weight is 419 g/mol. The minimum absolute atomic E-state index is 0.0378. The molecule has 2 N–H and O–H groups in total. The fraction of sp³-hybridized carbons (Fsp3) is 0.158. The van der Waals surface area contributed by atoms with Crippen LogP contribution in [0.5, 0.6) is 0 Å². The molecular weight excluding hydrogens is 403 g/mol. The van der Waals surface area contributed by atoms with Crippen molar-refractivity contribution in [3.05, 3.63) is 64.9 Å². The number of anilines is 1. The van der Waals surface area contributed by atoms with Crippen LogP contribution in [0.1, 0.15) is 18.9 Å². The molecule has 1 atom stereocenters. The largest absolute Gasteiger partial charge is 0.323 e. The van der Waals surface area contributed by atoms with E-state index in [0.717, 1.165) is 17.3 Å². The lowest BCUT2D eigenvalue weighted by Gasteiger charge is -2.21. The van der Waals surface area contributed by atoms with Crippen LogP contribution in [-0.2, 0) is 9.59 Å². The Bertz CT molecular complexity index is 963. The summed E-state index contributed by atoms with van der Waals surface area (Å²) in [6, 6.07) is 12.9. The molecule has 6 nitrogen and oxygen atoms in total. The minimum atomic E-state index is -0.738. The van der Waals surface area contributed by atoms with E-state index in [-0.39, 0.29) is 23.2 Å². The number of rotatable bonds is 4. The van der Waals surface area contributed by atoms with Crippen LogP contribution in [0.2, 0.25) is 5.02 Å². The minimum Gasteiger partial charge on any atom is -0.323 e. The summed E-state index contributed by atoms with van der Waals surface area (Å²) < 4.78 is 13.7. The van der Waals surface area contributed by atoms with Gasteiger partial charge in [-0.1, -0.05) is 47.6 Å². The highest BCUT2D eigenvalue weighted by molar-refractivity contribution is 8.15. The first-order chi connectivity index (χ1) is 13.4. The highest BCUT2D eigenvalue weighted by Crippen LogP contribution is 2.23. The fourth-order valence-electron chi connectivity index (χ4n) is 2.38. The number of amidine groups is 1. The summed E-state index contributed by atoms with van der Waals surface area (Å²) in [5.41, 5.74) is 1.51. The zero-order valence-electron chi connectivity index (χ0n) is 14.8. The van der Waals surface area contributed by atoms with Crippen molar-refractivity contribution in [2.45, 2.75) is 18.6 Å². The van der Waals surface area contributed by atoms with Gasteiger partial charge in [-0.15, -0.1) is 5.10 Å². The topological polar surface area (TPSA) is 82.9 Å². The lowest BCUT2D eigenvalue weighted by molar-refractivity contribution is -0.123. The van der Waals surface area contributed by atoms with Gasteiger partial charge < -0.3 is 10.6 Å². The molecule has 1 saturated heterocycles. The van der Waals surface area contributed by atoms with Crippen molar-refractivity contribution in [3.8, 4) is 0 Å². The SMILES string of the molecule is C/C(=N/N=C1/NC(=O)C[C@@H](C(=O)Nc2ccccc2F)S1)c1ccc(Cl)cc1. The molecule has 1 aliphatic rings. The van der Waals surface area contributed by atoms with E-state index in [9.17, 15) is 14.0 Å². The van der Waals surface area contributed by atoms with Gasteiger partial charge in [-0.2, -0.15) is 5.10 Å². The molecule has 28 heavy (non-hydrogen) atoms. The number of carbonyl (C=O) groups excluding carboxylic acids is 2. The van der Waals surface area contributed by atoms with Crippen LogP contribution in [0.15, 0.2) is 58.7 Å². The summed E-state index contributed by atoms with van der Waals surface area (Å²) in [4.78, 5) is 24.4. The fourth-order valence-corrected chi connectivity index (χ4v) is 3.44. The molecule has 1 fully saturated rings. The maximum Gasteiger partial charge on any atom is 0.238 e. The summed E-state index contributed by atoms with van der Waals surface area (Å²) in [7, 11) is 0. The predicted molar refractivity (Wildman–Crippen MR) is 110 cm³/mol. The Kier molecular flexibility index (Phi) is 6.43. The molecule has 0 bridgehead atoms. The Labute approximate surface area is 170 Å². The average Bonchev–Trinajstić information content (AvgIpc) is 2.68. The van der Waals surface area contributed by atoms with Crippen LogP contribution in [0.25, 0.3) is 0 Å². The van der Waals surface area contributed by atoms with Crippen LogP contribution in [-0.4, -0.2) is 27.9 Å². The molecule has 2 aromatic carbocycles. The van der Waals surface area contributed by atoms with Crippen molar-refractivity contribution in [2.75, 3.05) is 5.32 Å². The molecular formula is C19H16ClFN4O2S. The van der Waals surface area contributed by atoms with Gasteiger partial charge in [0.05, 0.1) is 11.4 Å². The Hall–Kier alpha value is -2.71. The number of amides is 2. The summed E-state index contributed by atoms with van der Waals surface area (Å²) in [5.74, 6) is -1.38. The zero-order valence-corrected chi connectivity index (χ0v) is 16.4. The highest BCUT2D eigenvalue weighted by Gasteiger charge is 2.30. The molecule has 0 aliphatic carbocycles. The smallest absolute Gasteiger partial charge is 0.238 e. The number of hydrogen-bond donors (Lipinski definition) is 2. The number of thioether (sulfide) groups is 1. The van der Waals surface area contributed by atoms with Crippen LogP contribution in [0.3, 0.4) is 0 Å². The molecule has 1 aliphatic heterocycles. The van der Waals surface area contributed by atoms with Crippen LogP contribution < -0.4 is 10.6 Å². The van der Waals surface area contributed by atoms with Crippen molar-refractivity contribution in [1.82, 2.24) is 5.32 Å². The molecule has 2 aromatic rings. The molecule has 2 amide bonds. The van der Waals surface area contributed by atoms with Crippen molar-refractivity contribution in [3.63, 3.8) is 0 Å². The lowest BCUT2D eigenvalue weighted by Crippen LogP contribution is -2.42. The molecule has 144 valence electrons. The predicted octanol–water partition coefficient (Wildman–Crippen LogP) is 3.82. The number of nitrogens with one attached hydrogen (secondary N) is 2. The third kappa shape index (κ3) is 5.17. The maximum absolute atomic E-state index is 13.7. The van der Waals surface area contributed by atoms with E-state index in [1.165, 1.54) is 18.2 Å². The Morgan fingerprint density at radius 2 is 1.96 bits per heavy atom. The molecule has 0 unspecified atom stereocenters. The van der Waals surface area contributed by atoms with Gasteiger partial charge in [0.2, 0.25) is 11.8 Å². The first kappa shape index (κ1) is 20.0. The van der Waals surface area contributed by atoms with Gasteiger partial charge in [0, 0.05) is 11.4 Å². The molecule has 0 radical (unpaired) electrons. The standard InChI is InChI=1S/C19H16ClFN4O2S/c1-11(12-6-8-13(20)9-7-12)24-25-19-23-17(26)10-16(28-19)18(27)22-15-5-3-2-4-14(15)21/h2-9,16H,10H2,1H3,(H,22,27)(H,23,25,26)/b24-11-/t16-/m0/s1. The number of halogens is 2. The maximum atomic E-state index is 13.7. The molecule has 9 heteroatoms. The number of nitrogens with zero attached hydrogens (tertiary/aromatic N) is 2. The highest BCUT2D eigenvalue weighted by atomic mass is 35.5. The van der Waals surface area contributed by atoms with E-state index >= 15 is 0 Å². The molecule has 3 rings (SSSR count). The number of benzene rings is 2. The van der Waals surface area contributed by atoms with Crippen LogP contribution in [0.4, 0.5) is 10.1 Å². The summed E-state index contributed by atoms with van der Waals surface area (Å²) in [5, 5.41) is 13.3. The van der Waals surface area contributed by atoms with Gasteiger partial charge in [0.1, 0.15) is 11.1 Å². The van der Waals surface area contributed by atoms with E-state index in [1.807, 2.05) is 0 Å². The van der Waals surface area contributed by atoms with Gasteiger partial charge in [-0.25, -0.2) is 4.39 Å². The second-order valence-corrected chi connectivity index (χ2v) is 7.55. The van der Waals surface area contributed by atoms with E-state index in [4.69, 9.17) is 11.6 Å². The Morgan fingerprint density at radius 3 is 2.68 bits per heavy atom. The van der Waals surface area contributed by atoms with Gasteiger partial charge in [-0.3, -0.25) is 9.59 Å². The third-order valence-corrected chi connectivity index (χ3v) is 5.17. The first-order valence-corrected chi connectivity index (χ1v) is 9.58. The summed E-state index contributed by atoms with van der Waals surface area (Å²) in [6.07, 6.45) is -0.0378. The molecule has 0 saturated carbocycles. The van der Waals surface area contributed by atoms with Crippen molar-refractivity contribution >= 4 is 51.7 Å². The zero-order chi connectivity index (χ0) is 20.1. The van der Waals surface area contributed by atoms with Gasteiger partial charge in [0.25, 0.3) is 0 Å². The van der Waals surface area contributed by atoms with Gasteiger partial charge in [-0.05, 0) is 36.8 Å². The van der Waals surface area contributed by atoms with E-state index < -0.39 is 17.0 Å². The lowest BCUT2D eigenvalue weighted by atomic mass is 10.1. The Balaban J connectivity index is 1.71. The normalized spacial score (nSPS) is 18.7. The summed E-state index contributed by atoms with van der Waals surface area (Å²) >= 11 is 6.93. The molecule has 0 aromatic heterocycles. The monoisotopic (exact) mass is 418 g/mol. The quantitative estimate of drug-likeness (QED) is 0.585.